The molecule has 1 unspecified atom stereocenters. The zero-order valence-corrected chi connectivity index (χ0v) is 17.8. The van der Waals surface area contributed by atoms with Crippen molar-refractivity contribution in [1.82, 2.24) is 20.7 Å². The van der Waals surface area contributed by atoms with Gasteiger partial charge in [-0.3, -0.25) is 15.6 Å². The summed E-state index contributed by atoms with van der Waals surface area (Å²) in [5.41, 5.74) is 7.56. The number of hydrogen-bond donors (Lipinski definition) is 3. The topological polar surface area (TPSA) is 114 Å². The molecular weight excluding hydrogens is 426 g/mol. The first-order chi connectivity index (χ1) is 14.5. The molecule has 0 fully saturated rings. The zero-order chi connectivity index (χ0) is 21.5. The molecule has 0 amide bonds. The minimum atomic E-state index is -0.985. The number of aromatic nitrogens is 2. The van der Waals surface area contributed by atoms with Crippen molar-refractivity contribution < 1.29 is 19.1 Å². The third-order valence-corrected chi connectivity index (χ3v) is 5.45. The van der Waals surface area contributed by atoms with Crippen molar-refractivity contribution in [2.24, 2.45) is 0 Å². The summed E-state index contributed by atoms with van der Waals surface area (Å²) in [7, 11) is 2.46. The molecule has 11 heteroatoms. The second-order valence-electron chi connectivity index (χ2n) is 5.99. The Hall–Kier alpha value is -3.31. The van der Waals surface area contributed by atoms with Gasteiger partial charge in [-0.2, -0.15) is 0 Å². The van der Waals surface area contributed by atoms with E-state index in [9.17, 15) is 9.59 Å². The zero-order valence-electron chi connectivity index (χ0n) is 16.2. The van der Waals surface area contributed by atoms with Crippen LogP contribution >= 0.6 is 23.6 Å². The van der Waals surface area contributed by atoms with Crippen molar-refractivity contribution in [1.29, 1.82) is 0 Å². The SMILES string of the molecule is COC(=O)CC(NC(=S)NNc1ncnc2cc(-c3ccccc3)sc12)C(=O)OC. The van der Waals surface area contributed by atoms with Crippen molar-refractivity contribution in [2.45, 2.75) is 12.5 Å². The predicted octanol–water partition coefficient (Wildman–Crippen LogP) is 2.25. The molecule has 0 saturated carbocycles. The fourth-order valence-corrected chi connectivity index (χ4v) is 3.84. The number of benzene rings is 1. The number of ether oxygens (including phenoxy) is 2. The van der Waals surface area contributed by atoms with E-state index in [2.05, 4.69) is 35.6 Å². The summed E-state index contributed by atoms with van der Waals surface area (Å²) in [5, 5.41) is 2.81. The van der Waals surface area contributed by atoms with Crippen molar-refractivity contribution in [3.63, 3.8) is 0 Å². The molecule has 0 saturated heterocycles. The maximum absolute atomic E-state index is 11.9. The number of nitrogens with zero attached hydrogens (tertiary/aromatic N) is 2. The minimum absolute atomic E-state index is 0.0842. The average molecular weight is 446 g/mol. The summed E-state index contributed by atoms with van der Waals surface area (Å²) in [6.45, 7) is 0. The fraction of sp³-hybridized carbons (Fsp3) is 0.211. The predicted molar refractivity (Wildman–Crippen MR) is 118 cm³/mol. The molecule has 0 radical (unpaired) electrons. The van der Waals surface area contributed by atoms with Crippen LogP contribution in [-0.4, -0.2) is 47.3 Å². The lowest BCUT2D eigenvalue weighted by Crippen LogP contribution is -2.48. The maximum atomic E-state index is 11.9. The van der Waals surface area contributed by atoms with Crippen molar-refractivity contribution >= 4 is 56.6 Å². The summed E-state index contributed by atoms with van der Waals surface area (Å²) in [4.78, 5) is 33.0. The van der Waals surface area contributed by atoms with E-state index in [1.54, 1.807) is 0 Å². The summed E-state index contributed by atoms with van der Waals surface area (Å²) in [6, 6.07) is 11.0. The Labute approximate surface area is 181 Å². The summed E-state index contributed by atoms with van der Waals surface area (Å²) >= 11 is 6.74. The molecular formula is C19H19N5O4S2. The number of hydrazine groups is 1. The second-order valence-corrected chi connectivity index (χ2v) is 7.45. The van der Waals surface area contributed by atoms with Crippen LogP contribution in [0.2, 0.25) is 0 Å². The molecule has 3 aromatic rings. The van der Waals surface area contributed by atoms with Gasteiger partial charge in [0.05, 0.1) is 30.9 Å². The molecule has 0 aliphatic rings. The lowest BCUT2D eigenvalue weighted by atomic mass is 10.2. The number of carbonyl (C=O) groups is 2. The third-order valence-electron chi connectivity index (χ3n) is 4.05. The standard InChI is InChI=1S/C19H19N5O4S2/c1-27-15(25)9-13(18(26)28-2)22-19(29)24-23-17-16-12(20-10-21-17)8-14(30-16)11-6-4-3-5-7-11/h3-8,10,13H,9H2,1-2H3,(H,20,21,23)(H2,22,24,29). The number of esters is 2. The number of nitrogens with one attached hydrogen (secondary N) is 3. The Balaban J connectivity index is 1.70. The van der Waals surface area contributed by atoms with Gasteiger partial charge in [-0.1, -0.05) is 30.3 Å². The van der Waals surface area contributed by atoms with Crippen LogP contribution < -0.4 is 16.2 Å². The van der Waals surface area contributed by atoms with Gasteiger partial charge in [-0.05, 0) is 23.8 Å². The first-order valence-electron chi connectivity index (χ1n) is 8.79. The molecule has 2 heterocycles. The molecule has 9 nitrogen and oxygen atoms in total. The molecule has 0 aliphatic heterocycles. The molecule has 156 valence electrons. The summed E-state index contributed by atoms with van der Waals surface area (Å²) in [6.07, 6.45) is 1.22. The van der Waals surface area contributed by atoms with Gasteiger partial charge >= 0.3 is 11.9 Å². The molecule has 1 atom stereocenters. The van der Waals surface area contributed by atoms with E-state index in [4.69, 9.17) is 12.2 Å². The Kier molecular flexibility index (Phi) is 7.09. The molecule has 0 aliphatic carbocycles. The first kappa shape index (κ1) is 21.4. The van der Waals surface area contributed by atoms with Crippen LogP contribution in [-0.2, 0) is 19.1 Å². The van der Waals surface area contributed by atoms with E-state index in [0.29, 0.717) is 5.82 Å². The van der Waals surface area contributed by atoms with E-state index in [1.165, 1.54) is 31.9 Å². The van der Waals surface area contributed by atoms with Crippen molar-refractivity contribution in [3.8, 4) is 10.4 Å². The second kappa shape index (κ2) is 9.94. The Bertz CT molecular complexity index is 1060. The van der Waals surface area contributed by atoms with E-state index >= 15 is 0 Å². The smallest absolute Gasteiger partial charge is 0.328 e. The third kappa shape index (κ3) is 5.19. The van der Waals surface area contributed by atoms with Gasteiger partial charge in [0.25, 0.3) is 0 Å². The van der Waals surface area contributed by atoms with Gasteiger partial charge in [0, 0.05) is 4.88 Å². The van der Waals surface area contributed by atoms with Crippen LogP contribution in [0.5, 0.6) is 0 Å². The minimum Gasteiger partial charge on any atom is -0.469 e. The number of hydrogen-bond acceptors (Lipinski definition) is 9. The van der Waals surface area contributed by atoms with Crippen LogP contribution in [0.3, 0.4) is 0 Å². The molecule has 3 rings (SSSR count). The highest BCUT2D eigenvalue weighted by molar-refractivity contribution is 7.80. The largest absolute Gasteiger partial charge is 0.469 e. The normalized spacial score (nSPS) is 11.4. The van der Waals surface area contributed by atoms with Gasteiger partial charge in [-0.15, -0.1) is 11.3 Å². The molecule has 30 heavy (non-hydrogen) atoms. The van der Waals surface area contributed by atoms with Crippen molar-refractivity contribution in [3.05, 3.63) is 42.7 Å². The fourth-order valence-electron chi connectivity index (χ4n) is 2.58. The van der Waals surface area contributed by atoms with E-state index < -0.39 is 18.0 Å². The lowest BCUT2D eigenvalue weighted by Gasteiger charge is -2.18. The number of thiophene rings is 1. The molecule has 2 aromatic heterocycles. The quantitative estimate of drug-likeness (QED) is 0.284. The molecule has 0 bridgehead atoms. The van der Waals surface area contributed by atoms with Crippen LogP contribution in [0.1, 0.15) is 6.42 Å². The highest BCUT2D eigenvalue weighted by Crippen LogP contribution is 2.35. The number of anilines is 1. The maximum Gasteiger partial charge on any atom is 0.328 e. The molecule has 1 aromatic carbocycles. The van der Waals surface area contributed by atoms with Gasteiger partial charge in [-0.25, -0.2) is 14.8 Å². The lowest BCUT2D eigenvalue weighted by molar-refractivity contribution is -0.149. The van der Waals surface area contributed by atoms with Gasteiger partial charge in [0.1, 0.15) is 12.4 Å². The monoisotopic (exact) mass is 445 g/mol. The average Bonchev–Trinajstić information content (AvgIpc) is 3.22. The van der Waals surface area contributed by atoms with Crippen LogP contribution in [0.15, 0.2) is 42.7 Å². The van der Waals surface area contributed by atoms with E-state index in [1.807, 2.05) is 36.4 Å². The Morgan fingerprint density at radius 2 is 1.93 bits per heavy atom. The summed E-state index contributed by atoms with van der Waals surface area (Å²) in [5.74, 6) is -0.683. The molecule has 3 N–H and O–H groups in total. The van der Waals surface area contributed by atoms with E-state index in [0.717, 1.165) is 20.7 Å². The summed E-state index contributed by atoms with van der Waals surface area (Å²) < 4.78 is 10.1. The number of thiocarbonyl (C=S) groups is 1. The van der Waals surface area contributed by atoms with Crippen LogP contribution in [0, 0.1) is 0 Å². The first-order valence-corrected chi connectivity index (χ1v) is 10.0. The highest BCUT2D eigenvalue weighted by atomic mass is 32.1. The van der Waals surface area contributed by atoms with Crippen molar-refractivity contribution in [2.75, 3.05) is 19.6 Å². The number of carbonyl (C=O) groups excluding carboxylic acids is 2. The number of methoxy groups -OCH3 is 2. The molecule has 0 spiro atoms. The highest BCUT2D eigenvalue weighted by Gasteiger charge is 2.24. The van der Waals surface area contributed by atoms with Gasteiger partial charge in [0.15, 0.2) is 10.9 Å². The number of fused-ring (bicyclic) bond motifs is 1. The van der Waals surface area contributed by atoms with Gasteiger partial charge < -0.3 is 14.8 Å². The van der Waals surface area contributed by atoms with Crippen LogP contribution in [0.25, 0.3) is 20.7 Å². The Morgan fingerprint density at radius 1 is 1.17 bits per heavy atom. The van der Waals surface area contributed by atoms with E-state index in [-0.39, 0.29) is 11.5 Å². The van der Waals surface area contributed by atoms with Crippen LogP contribution in [0.4, 0.5) is 5.82 Å². The number of rotatable bonds is 7. The van der Waals surface area contributed by atoms with Gasteiger partial charge in [0.2, 0.25) is 0 Å². The Morgan fingerprint density at radius 3 is 2.63 bits per heavy atom.